The number of nitrogens with zero attached hydrogens (tertiary/aromatic N) is 1. The fourth-order valence-electron chi connectivity index (χ4n) is 3.10. The molecule has 1 aliphatic rings. The summed E-state index contributed by atoms with van der Waals surface area (Å²) in [6.45, 7) is 16.5. The van der Waals surface area contributed by atoms with Crippen LogP contribution in [0.15, 0.2) is 0 Å². The highest BCUT2D eigenvalue weighted by Gasteiger charge is 2.36. The average molecular weight is 254 g/mol. The molecule has 2 nitrogen and oxygen atoms in total. The van der Waals surface area contributed by atoms with Crippen molar-refractivity contribution in [1.82, 2.24) is 10.2 Å². The highest BCUT2D eigenvalue weighted by molar-refractivity contribution is 4.96. The van der Waals surface area contributed by atoms with Crippen LogP contribution in [0.4, 0.5) is 0 Å². The van der Waals surface area contributed by atoms with E-state index in [1.165, 1.54) is 32.2 Å². The van der Waals surface area contributed by atoms with Gasteiger partial charge in [0.05, 0.1) is 0 Å². The van der Waals surface area contributed by atoms with E-state index in [1.54, 1.807) is 0 Å². The number of hydrogen-bond donors (Lipinski definition) is 1. The van der Waals surface area contributed by atoms with Crippen molar-refractivity contribution in [2.45, 2.75) is 84.8 Å². The van der Waals surface area contributed by atoms with E-state index in [4.69, 9.17) is 0 Å². The fourth-order valence-corrected chi connectivity index (χ4v) is 3.10. The minimum Gasteiger partial charge on any atom is -0.308 e. The fraction of sp³-hybridized carbons (Fsp3) is 1.00. The van der Waals surface area contributed by atoms with Crippen LogP contribution < -0.4 is 5.32 Å². The van der Waals surface area contributed by atoms with Crippen molar-refractivity contribution in [3.8, 4) is 0 Å². The molecule has 2 atom stereocenters. The Morgan fingerprint density at radius 1 is 1.17 bits per heavy atom. The van der Waals surface area contributed by atoms with E-state index in [0.717, 1.165) is 18.5 Å². The van der Waals surface area contributed by atoms with Crippen LogP contribution in [0.1, 0.15) is 67.2 Å². The molecule has 1 saturated heterocycles. The van der Waals surface area contributed by atoms with Crippen molar-refractivity contribution in [3.63, 3.8) is 0 Å². The van der Waals surface area contributed by atoms with E-state index < -0.39 is 0 Å². The Morgan fingerprint density at radius 3 is 2.28 bits per heavy atom. The monoisotopic (exact) mass is 254 g/mol. The number of rotatable bonds is 6. The smallest absolute Gasteiger partial charge is 0.0304 e. The first-order valence-electron chi connectivity index (χ1n) is 7.95. The zero-order valence-corrected chi connectivity index (χ0v) is 13.4. The van der Waals surface area contributed by atoms with Gasteiger partial charge in [-0.2, -0.15) is 0 Å². The lowest BCUT2D eigenvalue weighted by Crippen LogP contribution is -2.64. The summed E-state index contributed by atoms with van der Waals surface area (Å²) in [6.07, 6.45) is 5.17. The Hall–Kier alpha value is -0.0800. The second-order valence-corrected chi connectivity index (χ2v) is 6.71. The van der Waals surface area contributed by atoms with E-state index in [1.807, 2.05) is 0 Å². The Labute approximate surface area is 115 Å². The van der Waals surface area contributed by atoms with Gasteiger partial charge >= 0.3 is 0 Å². The highest BCUT2D eigenvalue weighted by Crippen LogP contribution is 2.25. The second-order valence-electron chi connectivity index (χ2n) is 6.71. The largest absolute Gasteiger partial charge is 0.308 e. The molecule has 1 fully saturated rings. The van der Waals surface area contributed by atoms with Crippen molar-refractivity contribution in [3.05, 3.63) is 0 Å². The highest BCUT2D eigenvalue weighted by atomic mass is 15.3. The Morgan fingerprint density at radius 2 is 1.78 bits per heavy atom. The summed E-state index contributed by atoms with van der Waals surface area (Å²) in [6, 6.07) is 1.40. The molecule has 1 heterocycles. The van der Waals surface area contributed by atoms with Gasteiger partial charge in [0, 0.05) is 30.7 Å². The third-order valence-electron chi connectivity index (χ3n) is 4.91. The zero-order valence-electron chi connectivity index (χ0n) is 13.4. The predicted molar refractivity (Wildman–Crippen MR) is 81.0 cm³/mol. The van der Waals surface area contributed by atoms with E-state index in [9.17, 15) is 0 Å². The molecule has 0 spiro atoms. The summed E-state index contributed by atoms with van der Waals surface area (Å²) in [5, 5.41) is 3.79. The maximum Gasteiger partial charge on any atom is 0.0304 e. The van der Waals surface area contributed by atoms with Gasteiger partial charge in [0.15, 0.2) is 0 Å². The molecule has 0 aromatic carbocycles. The SMILES string of the molecule is CCC1(CC)CN(C(C)CCC(C)C)C(C)CN1. The summed E-state index contributed by atoms with van der Waals surface area (Å²) in [5.41, 5.74) is 0.360. The molecular weight excluding hydrogens is 220 g/mol. The second kappa shape index (κ2) is 6.91. The van der Waals surface area contributed by atoms with Gasteiger partial charge in [-0.1, -0.05) is 27.7 Å². The summed E-state index contributed by atoms with van der Waals surface area (Å²) in [4.78, 5) is 2.74. The predicted octanol–water partition coefficient (Wildman–Crippen LogP) is 3.66. The molecule has 0 radical (unpaired) electrons. The molecule has 0 saturated carbocycles. The zero-order chi connectivity index (χ0) is 13.8. The third kappa shape index (κ3) is 3.96. The van der Waals surface area contributed by atoms with Gasteiger partial charge in [0.25, 0.3) is 0 Å². The van der Waals surface area contributed by atoms with Crippen molar-refractivity contribution in [2.24, 2.45) is 5.92 Å². The Balaban J connectivity index is 2.61. The number of hydrogen-bond acceptors (Lipinski definition) is 2. The molecule has 0 aromatic rings. The molecular formula is C16H34N2. The van der Waals surface area contributed by atoms with E-state index in [0.29, 0.717) is 11.6 Å². The first-order valence-corrected chi connectivity index (χ1v) is 7.95. The van der Waals surface area contributed by atoms with Crippen LogP contribution in [0, 0.1) is 5.92 Å². The standard InChI is InChI=1S/C16H34N2/c1-7-16(8-2)12-18(15(6)11-17-16)14(5)10-9-13(3)4/h13-15,17H,7-12H2,1-6H3. The maximum absolute atomic E-state index is 3.79. The molecule has 1 N–H and O–H groups in total. The minimum absolute atomic E-state index is 0.360. The van der Waals surface area contributed by atoms with Gasteiger partial charge in [-0.15, -0.1) is 0 Å². The summed E-state index contributed by atoms with van der Waals surface area (Å²) >= 11 is 0. The Kier molecular flexibility index (Phi) is 6.13. The van der Waals surface area contributed by atoms with Crippen molar-refractivity contribution in [2.75, 3.05) is 13.1 Å². The molecule has 0 aromatic heterocycles. The maximum atomic E-state index is 3.79. The van der Waals surface area contributed by atoms with Gasteiger partial charge in [-0.05, 0) is 45.4 Å². The Bertz CT molecular complexity index is 233. The van der Waals surface area contributed by atoms with Gasteiger partial charge < -0.3 is 5.32 Å². The van der Waals surface area contributed by atoms with Gasteiger partial charge in [-0.3, -0.25) is 4.90 Å². The topological polar surface area (TPSA) is 15.3 Å². The normalized spacial score (nSPS) is 26.5. The van der Waals surface area contributed by atoms with Gasteiger partial charge in [-0.25, -0.2) is 0 Å². The van der Waals surface area contributed by atoms with E-state index >= 15 is 0 Å². The van der Waals surface area contributed by atoms with Crippen LogP contribution in [-0.4, -0.2) is 35.6 Å². The van der Waals surface area contributed by atoms with Crippen molar-refractivity contribution in [1.29, 1.82) is 0 Å². The lowest BCUT2D eigenvalue weighted by molar-refractivity contribution is 0.0454. The van der Waals surface area contributed by atoms with Gasteiger partial charge in [0.1, 0.15) is 0 Å². The molecule has 1 aliphatic heterocycles. The van der Waals surface area contributed by atoms with E-state index in [-0.39, 0.29) is 0 Å². The van der Waals surface area contributed by atoms with Crippen molar-refractivity contribution < 1.29 is 0 Å². The van der Waals surface area contributed by atoms with Crippen molar-refractivity contribution >= 4 is 0 Å². The number of nitrogens with one attached hydrogen (secondary N) is 1. The third-order valence-corrected chi connectivity index (χ3v) is 4.91. The summed E-state index contributed by atoms with van der Waals surface area (Å²) in [5.74, 6) is 0.827. The molecule has 0 amide bonds. The number of piperazine rings is 1. The summed E-state index contributed by atoms with van der Waals surface area (Å²) in [7, 11) is 0. The molecule has 108 valence electrons. The first-order chi connectivity index (χ1) is 8.44. The minimum atomic E-state index is 0.360. The summed E-state index contributed by atoms with van der Waals surface area (Å²) < 4.78 is 0. The van der Waals surface area contributed by atoms with Gasteiger partial charge in [0.2, 0.25) is 0 Å². The van der Waals surface area contributed by atoms with Crippen LogP contribution in [0.5, 0.6) is 0 Å². The average Bonchev–Trinajstić information content (AvgIpc) is 2.37. The van der Waals surface area contributed by atoms with Crippen LogP contribution in [0.25, 0.3) is 0 Å². The lowest BCUT2D eigenvalue weighted by Gasteiger charge is -2.49. The molecule has 18 heavy (non-hydrogen) atoms. The van der Waals surface area contributed by atoms with E-state index in [2.05, 4.69) is 51.8 Å². The molecule has 2 heteroatoms. The quantitative estimate of drug-likeness (QED) is 0.778. The molecule has 0 aliphatic carbocycles. The molecule has 1 rings (SSSR count). The lowest BCUT2D eigenvalue weighted by atomic mass is 9.87. The molecule has 2 unspecified atom stereocenters. The van der Waals surface area contributed by atoms with Crippen LogP contribution in [0.2, 0.25) is 0 Å². The van der Waals surface area contributed by atoms with Crippen LogP contribution in [0.3, 0.4) is 0 Å². The molecule has 0 bridgehead atoms. The van der Waals surface area contributed by atoms with Crippen LogP contribution >= 0.6 is 0 Å². The van der Waals surface area contributed by atoms with Crippen LogP contribution in [-0.2, 0) is 0 Å². The first kappa shape index (κ1) is 16.0.